The van der Waals surface area contributed by atoms with Crippen LogP contribution in [0.5, 0.6) is 5.75 Å². The van der Waals surface area contributed by atoms with Crippen molar-refractivity contribution in [2.75, 3.05) is 24.5 Å². The van der Waals surface area contributed by atoms with E-state index in [0.29, 0.717) is 29.4 Å². The Morgan fingerprint density at radius 3 is 3.00 bits per heavy atom. The summed E-state index contributed by atoms with van der Waals surface area (Å²) < 4.78 is 29.9. The Hall–Kier alpha value is -2.27. The van der Waals surface area contributed by atoms with E-state index in [4.69, 9.17) is 16.9 Å². The minimum absolute atomic E-state index is 0.0338. The quantitative estimate of drug-likeness (QED) is 0.678. The first-order valence-corrected chi connectivity index (χ1v) is 7.97. The standard InChI is InChI=1S/C15H14ClF2N5O/c16-15(17,18)24-10-1-2-11-12(5-10)21-14(20-11)23-4-3-9-6-22(8-19)7-13(9)23/h1-2,5,9,13H,3-4,6-7H2,(H,20,21)/t9-,13+/m1/s1. The van der Waals surface area contributed by atoms with Crippen LogP contribution in [0, 0.1) is 17.4 Å². The van der Waals surface area contributed by atoms with Crippen LogP contribution in [0.4, 0.5) is 14.7 Å². The molecule has 0 amide bonds. The number of nitrogens with zero attached hydrogens (tertiary/aromatic N) is 4. The molecule has 2 aliphatic rings. The number of aromatic amines is 1. The molecule has 9 heteroatoms. The zero-order valence-electron chi connectivity index (χ0n) is 12.5. The lowest BCUT2D eigenvalue weighted by molar-refractivity contribution is -0.0964. The fourth-order valence-electron chi connectivity index (χ4n) is 3.61. The molecule has 1 aromatic heterocycles. The van der Waals surface area contributed by atoms with Gasteiger partial charge in [0, 0.05) is 43.2 Å². The highest BCUT2D eigenvalue weighted by Gasteiger charge is 2.42. The zero-order chi connectivity index (χ0) is 16.9. The number of likely N-dealkylation sites (tertiary alicyclic amines) is 1. The number of nitrogens with one attached hydrogen (secondary N) is 1. The lowest BCUT2D eigenvalue weighted by atomic mass is 10.1. The van der Waals surface area contributed by atoms with Gasteiger partial charge < -0.3 is 19.5 Å². The summed E-state index contributed by atoms with van der Waals surface area (Å²) in [7, 11) is 0. The van der Waals surface area contributed by atoms with Crippen LogP contribution in [0.2, 0.25) is 0 Å². The number of aromatic nitrogens is 2. The number of anilines is 1. The van der Waals surface area contributed by atoms with E-state index in [1.54, 1.807) is 11.0 Å². The van der Waals surface area contributed by atoms with Gasteiger partial charge in [-0.3, -0.25) is 0 Å². The van der Waals surface area contributed by atoms with Gasteiger partial charge in [0.25, 0.3) is 0 Å². The number of nitriles is 1. The number of halogens is 3. The fraction of sp³-hybridized carbons (Fsp3) is 0.467. The molecule has 1 N–H and O–H groups in total. The molecule has 2 fully saturated rings. The molecule has 2 aliphatic heterocycles. The Morgan fingerprint density at radius 2 is 2.25 bits per heavy atom. The van der Waals surface area contributed by atoms with E-state index in [9.17, 15) is 8.78 Å². The van der Waals surface area contributed by atoms with Crippen molar-refractivity contribution < 1.29 is 13.5 Å². The molecule has 2 saturated heterocycles. The van der Waals surface area contributed by atoms with E-state index in [-0.39, 0.29) is 11.8 Å². The van der Waals surface area contributed by atoms with Crippen LogP contribution in [0.3, 0.4) is 0 Å². The van der Waals surface area contributed by atoms with Crippen molar-refractivity contribution in [3.8, 4) is 11.9 Å². The van der Waals surface area contributed by atoms with Gasteiger partial charge in [-0.05, 0) is 18.6 Å². The number of alkyl halides is 3. The molecule has 0 unspecified atom stereocenters. The summed E-state index contributed by atoms with van der Waals surface area (Å²) in [6.45, 7) is 2.32. The van der Waals surface area contributed by atoms with E-state index >= 15 is 0 Å². The van der Waals surface area contributed by atoms with Crippen LogP contribution >= 0.6 is 11.6 Å². The SMILES string of the molecule is N#CN1C[C@H]2CCN(c3nc4ccc(OC(F)(F)Cl)cc4[nH]3)[C@H]2C1. The van der Waals surface area contributed by atoms with Crippen LogP contribution in [0.15, 0.2) is 18.2 Å². The molecule has 126 valence electrons. The number of fused-ring (bicyclic) bond motifs is 2. The predicted octanol–water partition coefficient (Wildman–Crippen LogP) is 2.72. The van der Waals surface area contributed by atoms with Crippen molar-refractivity contribution >= 4 is 28.6 Å². The van der Waals surface area contributed by atoms with E-state index in [0.717, 1.165) is 19.5 Å². The van der Waals surface area contributed by atoms with Crippen LogP contribution in [-0.4, -0.2) is 46.1 Å². The summed E-state index contributed by atoms with van der Waals surface area (Å²) in [5.41, 5.74) is -2.49. The Labute approximate surface area is 141 Å². The molecule has 24 heavy (non-hydrogen) atoms. The van der Waals surface area contributed by atoms with Crippen molar-refractivity contribution in [2.24, 2.45) is 5.92 Å². The Bertz CT molecular complexity index is 814. The highest BCUT2D eigenvalue weighted by molar-refractivity contribution is 6.20. The summed E-state index contributed by atoms with van der Waals surface area (Å²) >= 11 is 4.80. The molecule has 2 aromatic rings. The average molecular weight is 354 g/mol. The monoisotopic (exact) mass is 353 g/mol. The number of ether oxygens (including phenoxy) is 1. The summed E-state index contributed by atoms with van der Waals surface area (Å²) in [4.78, 5) is 11.6. The topological polar surface area (TPSA) is 68.2 Å². The van der Waals surface area contributed by atoms with Crippen molar-refractivity contribution in [2.45, 2.75) is 18.0 Å². The predicted molar refractivity (Wildman–Crippen MR) is 83.9 cm³/mol. The summed E-state index contributed by atoms with van der Waals surface area (Å²) in [5.74, 6) is 1.10. The van der Waals surface area contributed by atoms with Gasteiger partial charge in [0.1, 0.15) is 5.75 Å². The van der Waals surface area contributed by atoms with Gasteiger partial charge in [0.15, 0.2) is 6.19 Å². The minimum Gasteiger partial charge on any atom is -0.420 e. The van der Waals surface area contributed by atoms with E-state index < -0.39 is 5.57 Å². The average Bonchev–Trinajstić information content (AvgIpc) is 3.16. The number of H-pyrrole nitrogens is 1. The van der Waals surface area contributed by atoms with Gasteiger partial charge in [-0.2, -0.15) is 5.26 Å². The van der Waals surface area contributed by atoms with E-state index in [2.05, 4.69) is 25.8 Å². The molecule has 0 radical (unpaired) electrons. The fourth-order valence-corrected chi connectivity index (χ4v) is 3.70. The van der Waals surface area contributed by atoms with Crippen LogP contribution in [-0.2, 0) is 0 Å². The summed E-state index contributed by atoms with van der Waals surface area (Å²) in [5, 5.41) is 9.06. The first kappa shape index (κ1) is 15.3. The molecular formula is C15H14ClF2N5O. The van der Waals surface area contributed by atoms with Crippen LogP contribution in [0.25, 0.3) is 11.0 Å². The van der Waals surface area contributed by atoms with Crippen molar-refractivity contribution in [1.29, 1.82) is 5.26 Å². The van der Waals surface area contributed by atoms with Gasteiger partial charge in [0.05, 0.1) is 17.1 Å². The third-order valence-electron chi connectivity index (χ3n) is 4.64. The van der Waals surface area contributed by atoms with Gasteiger partial charge in [-0.25, -0.2) is 4.98 Å². The number of benzene rings is 1. The first-order chi connectivity index (χ1) is 11.4. The molecule has 4 rings (SSSR count). The van der Waals surface area contributed by atoms with Crippen molar-refractivity contribution in [3.05, 3.63) is 18.2 Å². The van der Waals surface area contributed by atoms with Gasteiger partial charge >= 0.3 is 5.57 Å². The van der Waals surface area contributed by atoms with E-state index in [1.807, 2.05) is 0 Å². The maximum Gasteiger partial charge on any atom is 0.487 e. The molecule has 3 heterocycles. The molecule has 1 aromatic carbocycles. The molecular weight excluding hydrogens is 340 g/mol. The normalized spacial score (nSPS) is 23.6. The minimum atomic E-state index is -3.75. The summed E-state index contributed by atoms with van der Waals surface area (Å²) in [6, 6.07) is 4.71. The van der Waals surface area contributed by atoms with Crippen LogP contribution in [0.1, 0.15) is 6.42 Å². The second-order valence-corrected chi connectivity index (χ2v) is 6.54. The largest absolute Gasteiger partial charge is 0.487 e. The van der Waals surface area contributed by atoms with Gasteiger partial charge in [-0.1, -0.05) is 0 Å². The van der Waals surface area contributed by atoms with Crippen molar-refractivity contribution in [1.82, 2.24) is 14.9 Å². The summed E-state index contributed by atoms with van der Waals surface area (Å²) in [6.07, 6.45) is 3.20. The number of hydrogen-bond donors (Lipinski definition) is 1. The Morgan fingerprint density at radius 1 is 1.42 bits per heavy atom. The zero-order valence-corrected chi connectivity index (χ0v) is 13.3. The highest BCUT2D eigenvalue weighted by atomic mass is 35.5. The second kappa shape index (κ2) is 5.38. The third-order valence-corrected chi connectivity index (χ3v) is 4.71. The molecule has 0 saturated carbocycles. The molecule has 6 nitrogen and oxygen atoms in total. The number of imidazole rings is 1. The number of rotatable bonds is 3. The second-order valence-electron chi connectivity index (χ2n) is 6.10. The molecule has 2 atom stereocenters. The Kier molecular flexibility index (Phi) is 3.42. The van der Waals surface area contributed by atoms with Gasteiger partial charge in [-0.15, -0.1) is 8.78 Å². The smallest absolute Gasteiger partial charge is 0.420 e. The molecule has 0 spiro atoms. The third kappa shape index (κ3) is 2.69. The maximum absolute atomic E-state index is 12.8. The van der Waals surface area contributed by atoms with E-state index in [1.165, 1.54) is 12.1 Å². The molecule has 0 aliphatic carbocycles. The van der Waals surface area contributed by atoms with Crippen LogP contribution < -0.4 is 9.64 Å². The highest BCUT2D eigenvalue weighted by Crippen LogP contribution is 2.35. The van der Waals surface area contributed by atoms with Crippen molar-refractivity contribution in [3.63, 3.8) is 0 Å². The lowest BCUT2D eigenvalue weighted by Crippen LogP contribution is -2.35. The Balaban J connectivity index is 1.60. The molecule has 0 bridgehead atoms. The maximum atomic E-state index is 12.8. The number of hydrogen-bond acceptors (Lipinski definition) is 5. The first-order valence-electron chi connectivity index (χ1n) is 7.60. The van der Waals surface area contributed by atoms with Gasteiger partial charge in [0.2, 0.25) is 5.95 Å². The lowest BCUT2D eigenvalue weighted by Gasteiger charge is -2.22.